The van der Waals surface area contributed by atoms with Gasteiger partial charge in [0.1, 0.15) is 0 Å². The second-order valence-electron chi connectivity index (χ2n) is 7.38. The molecule has 2 fully saturated rings. The molecule has 114 valence electrons. The predicted octanol–water partition coefficient (Wildman–Crippen LogP) is 3.14. The van der Waals surface area contributed by atoms with Gasteiger partial charge in [0.25, 0.3) is 0 Å². The summed E-state index contributed by atoms with van der Waals surface area (Å²) in [6.45, 7) is 4.98. The van der Waals surface area contributed by atoms with Gasteiger partial charge in [-0.1, -0.05) is 18.2 Å². The highest BCUT2D eigenvalue weighted by Gasteiger charge is 2.24. The maximum absolute atomic E-state index is 3.72. The van der Waals surface area contributed by atoms with Crippen LogP contribution in [-0.2, 0) is 19.4 Å². The number of hydrogen-bond donors (Lipinski definition) is 1. The molecule has 2 aliphatic carbocycles. The van der Waals surface area contributed by atoms with E-state index in [1.165, 1.54) is 70.1 Å². The summed E-state index contributed by atoms with van der Waals surface area (Å²) >= 11 is 0. The third kappa shape index (κ3) is 3.49. The van der Waals surface area contributed by atoms with Crippen molar-refractivity contribution in [2.24, 2.45) is 5.92 Å². The largest absolute Gasteiger partial charge is 0.314 e. The van der Waals surface area contributed by atoms with Gasteiger partial charge in [-0.05, 0) is 80.6 Å². The zero-order valence-electron chi connectivity index (χ0n) is 13.1. The first-order valence-electron chi connectivity index (χ1n) is 8.93. The standard InChI is InChI=1S/C19H28N2/c1-4-17-7-6-15(11-18(17)5-1)13-21-10-2-3-16(14-21)12-20-19-8-9-19/h6-7,11,16,19-20H,1-5,8-10,12-14H2. The summed E-state index contributed by atoms with van der Waals surface area (Å²) in [5.41, 5.74) is 4.76. The van der Waals surface area contributed by atoms with Gasteiger partial charge < -0.3 is 5.32 Å². The fraction of sp³-hybridized carbons (Fsp3) is 0.684. The molecule has 1 saturated heterocycles. The van der Waals surface area contributed by atoms with E-state index in [0.717, 1.165) is 18.5 Å². The van der Waals surface area contributed by atoms with Crippen molar-refractivity contribution in [1.82, 2.24) is 10.2 Å². The molecular formula is C19H28N2. The molecule has 0 aromatic heterocycles. The molecule has 1 unspecified atom stereocenters. The van der Waals surface area contributed by atoms with E-state index in [1.54, 1.807) is 11.1 Å². The molecule has 0 bridgehead atoms. The van der Waals surface area contributed by atoms with Crippen LogP contribution in [0.15, 0.2) is 18.2 Å². The molecule has 2 nitrogen and oxygen atoms in total. The first kappa shape index (κ1) is 13.8. The lowest BCUT2D eigenvalue weighted by Crippen LogP contribution is -2.39. The number of piperidine rings is 1. The fourth-order valence-corrected chi connectivity index (χ4v) is 4.06. The molecule has 1 aromatic carbocycles. The molecule has 21 heavy (non-hydrogen) atoms. The second kappa shape index (κ2) is 6.10. The third-order valence-corrected chi connectivity index (χ3v) is 5.44. The van der Waals surface area contributed by atoms with Crippen LogP contribution >= 0.6 is 0 Å². The maximum atomic E-state index is 3.72. The van der Waals surface area contributed by atoms with Crippen LogP contribution in [0.1, 0.15) is 48.8 Å². The van der Waals surface area contributed by atoms with Gasteiger partial charge in [-0.2, -0.15) is 0 Å². The minimum atomic E-state index is 0.858. The number of aryl methyl sites for hydroxylation is 2. The van der Waals surface area contributed by atoms with Gasteiger partial charge >= 0.3 is 0 Å². The number of hydrogen-bond acceptors (Lipinski definition) is 2. The number of nitrogens with one attached hydrogen (secondary N) is 1. The average molecular weight is 284 g/mol. The lowest BCUT2D eigenvalue weighted by atomic mass is 9.97. The van der Waals surface area contributed by atoms with Crippen LogP contribution in [0.5, 0.6) is 0 Å². The van der Waals surface area contributed by atoms with Crippen LogP contribution in [0.25, 0.3) is 0 Å². The van der Waals surface area contributed by atoms with Crippen molar-refractivity contribution in [3.63, 3.8) is 0 Å². The molecule has 0 spiro atoms. The van der Waals surface area contributed by atoms with Crippen LogP contribution in [-0.4, -0.2) is 30.6 Å². The number of benzene rings is 1. The van der Waals surface area contributed by atoms with Crippen molar-refractivity contribution in [2.45, 2.75) is 57.5 Å². The summed E-state index contributed by atoms with van der Waals surface area (Å²) in [7, 11) is 0. The molecule has 1 atom stereocenters. The zero-order chi connectivity index (χ0) is 14.1. The van der Waals surface area contributed by atoms with E-state index in [9.17, 15) is 0 Å². The Balaban J connectivity index is 1.32. The zero-order valence-corrected chi connectivity index (χ0v) is 13.1. The maximum Gasteiger partial charge on any atom is 0.0233 e. The van der Waals surface area contributed by atoms with E-state index in [2.05, 4.69) is 28.4 Å². The van der Waals surface area contributed by atoms with E-state index < -0.39 is 0 Å². The van der Waals surface area contributed by atoms with E-state index in [-0.39, 0.29) is 0 Å². The first-order valence-corrected chi connectivity index (χ1v) is 8.93. The highest BCUT2D eigenvalue weighted by molar-refractivity contribution is 5.35. The summed E-state index contributed by atoms with van der Waals surface area (Å²) < 4.78 is 0. The third-order valence-electron chi connectivity index (χ3n) is 5.44. The second-order valence-corrected chi connectivity index (χ2v) is 7.38. The predicted molar refractivity (Wildman–Crippen MR) is 87.5 cm³/mol. The lowest BCUT2D eigenvalue weighted by Gasteiger charge is -2.33. The molecule has 1 aromatic rings. The minimum Gasteiger partial charge on any atom is -0.314 e. The average Bonchev–Trinajstić information content (AvgIpc) is 3.22. The highest BCUT2D eigenvalue weighted by Crippen LogP contribution is 2.25. The van der Waals surface area contributed by atoms with Gasteiger partial charge in [-0.25, -0.2) is 0 Å². The fourth-order valence-electron chi connectivity index (χ4n) is 4.06. The summed E-state index contributed by atoms with van der Waals surface area (Å²) in [5.74, 6) is 0.869. The van der Waals surface area contributed by atoms with Crippen molar-refractivity contribution in [1.29, 1.82) is 0 Å². The minimum absolute atomic E-state index is 0.858. The van der Waals surface area contributed by atoms with Crippen molar-refractivity contribution in [3.8, 4) is 0 Å². The number of rotatable bonds is 5. The van der Waals surface area contributed by atoms with Gasteiger partial charge in [-0.15, -0.1) is 0 Å². The van der Waals surface area contributed by atoms with Crippen molar-refractivity contribution >= 4 is 0 Å². The first-order chi connectivity index (χ1) is 10.4. The van der Waals surface area contributed by atoms with Crippen molar-refractivity contribution in [3.05, 3.63) is 34.9 Å². The SMILES string of the molecule is c1cc2c(cc1CN1CCCC(CNC3CC3)C1)CCC2. The molecule has 3 aliphatic rings. The van der Waals surface area contributed by atoms with Crippen LogP contribution in [0.3, 0.4) is 0 Å². The Kier molecular flexibility index (Phi) is 4.00. The van der Waals surface area contributed by atoms with Crippen LogP contribution < -0.4 is 5.32 Å². The van der Waals surface area contributed by atoms with E-state index >= 15 is 0 Å². The number of fused-ring (bicyclic) bond motifs is 1. The molecule has 0 radical (unpaired) electrons. The summed E-state index contributed by atoms with van der Waals surface area (Å²) in [5, 5.41) is 3.72. The van der Waals surface area contributed by atoms with E-state index in [0.29, 0.717) is 0 Å². The van der Waals surface area contributed by atoms with Crippen LogP contribution in [0.4, 0.5) is 0 Å². The topological polar surface area (TPSA) is 15.3 Å². The van der Waals surface area contributed by atoms with E-state index in [1.807, 2.05) is 0 Å². The molecular weight excluding hydrogens is 256 g/mol. The van der Waals surface area contributed by atoms with Gasteiger partial charge in [0.2, 0.25) is 0 Å². The normalized spacial score (nSPS) is 26.0. The molecule has 0 amide bonds. The summed E-state index contributed by atoms with van der Waals surface area (Å²) in [6.07, 6.45) is 9.57. The summed E-state index contributed by atoms with van der Waals surface area (Å²) in [4.78, 5) is 2.68. The van der Waals surface area contributed by atoms with Gasteiger partial charge in [-0.3, -0.25) is 4.90 Å². The molecule has 1 saturated carbocycles. The van der Waals surface area contributed by atoms with Crippen molar-refractivity contribution in [2.75, 3.05) is 19.6 Å². The number of likely N-dealkylation sites (tertiary alicyclic amines) is 1. The Morgan fingerprint density at radius 3 is 2.86 bits per heavy atom. The molecule has 2 heteroatoms. The number of nitrogens with zero attached hydrogens (tertiary/aromatic N) is 1. The Bertz CT molecular complexity index is 492. The van der Waals surface area contributed by atoms with Gasteiger partial charge in [0.15, 0.2) is 0 Å². The van der Waals surface area contributed by atoms with Crippen LogP contribution in [0.2, 0.25) is 0 Å². The van der Waals surface area contributed by atoms with Crippen LogP contribution in [0, 0.1) is 5.92 Å². The molecule has 1 N–H and O–H groups in total. The monoisotopic (exact) mass is 284 g/mol. The molecule has 1 heterocycles. The lowest BCUT2D eigenvalue weighted by molar-refractivity contribution is 0.165. The Morgan fingerprint density at radius 1 is 1.05 bits per heavy atom. The van der Waals surface area contributed by atoms with E-state index in [4.69, 9.17) is 0 Å². The quantitative estimate of drug-likeness (QED) is 0.893. The molecule has 4 rings (SSSR count). The van der Waals surface area contributed by atoms with Gasteiger partial charge in [0.05, 0.1) is 0 Å². The smallest absolute Gasteiger partial charge is 0.0233 e. The Hall–Kier alpha value is -0.860. The summed E-state index contributed by atoms with van der Waals surface area (Å²) in [6, 6.07) is 8.09. The Morgan fingerprint density at radius 2 is 1.95 bits per heavy atom. The highest BCUT2D eigenvalue weighted by atomic mass is 15.1. The van der Waals surface area contributed by atoms with Gasteiger partial charge in [0, 0.05) is 19.1 Å². The van der Waals surface area contributed by atoms with Crippen molar-refractivity contribution < 1.29 is 0 Å². The Labute approximate surface area is 128 Å². The molecule has 1 aliphatic heterocycles.